The fourth-order valence-corrected chi connectivity index (χ4v) is 4.04. The van der Waals surface area contributed by atoms with Crippen LogP contribution in [-0.4, -0.2) is 32.2 Å². The summed E-state index contributed by atoms with van der Waals surface area (Å²) in [5.41, 5.74) is 9.50. The fourth-order valence-electron chi connectivity index (χ4n) is 4.04. The molecule has 0 spiro atoms. The molecule has 7 heteroatoms. The number of ether oxygens (including phenoxy) is 1. The number of para-hydroxylation sites is 1. The van der Waals surface area contributed by atoms with Crippen LogP contribution in [0.4, 0.5) is 0 Å². The summed E-state index contributed by atoms with van der Waals surface area (Å²) in [6.45, 7) is 4.04. The van der Waals surface area contributed by atoms with Gasteiger partial charge in [-0.15, -0.1) is 0 Å². The Labute approximate surface area is 181 Å². The van der Waals surface area contributed by atoms with Crippen LogP contribution in [0.25, 0.3) is 11.5 Å². The normalized spacial score (nSPS) is 15.6. The molecule has 31 heavy (non-hydrogen) atoms. The van der Waals surface area contributed by atoms with Crippen LogP contribution in [-0.2, 0) is 0 Å². The Morgan fingerprint density at radius 1 is 1.03 bits per heavy atom. The summed E-state index contributed by atoms with van der Waals surface area (Å²) in [6.07, 6.45) is 4.64. The summed E-state index contributed by atoms with van der Waals surface area (Å²) < 4.78 is 9.31. The first-order valence-corrected chi connectivity index (χ1v) is 10.3. The number of hydrogen-bond donors (Lipinski definition) is 1. The van der Waals surface area contributed by atoms with E-state index in [0.29, 0.717) is 0 Å². The Morgan fingerprint density at radius 2 is 1.81 bits per heavy atom. The number of rotatable bonds is 5. The van der Waals surface area contributed by atoms with Crippen molar-refractivity contribution in [2.45, 2.75) is 26.3 Å². The van der Waals surface area contributed by atoms with Crippen LogP contribution < -0.4 is 10.2 Å². The number of hydrazone groups is 1. The smallest absolute Gasteiger partial charge is 0.147 e. The van der Waals surface area contributed by atoms with Crippen molar-refractivity contribution in [3.05, 3.63) is 89.6 Å². The number of benzene rings is 2. The van der Waals surface area contributed by atoms with E-state index >= 15 is 0 Å². The molecule has 0 amide bonds. The van der Waals surface area contributed by atoms with Crippen LogP contribution in [0, 0.1) is 13.8 Å². The molecular formula is C24H24N6O. The van der Waals surface area contributed by atoms with Crippen molar-refractivity contribution in [3.8, 4) is 17.3 Å². The Kier molecular flexibility index (Phi) is 4.78. The molecule has 1 atom stereocenters. The maximum Gasteiger partial charge on any atom is 0.147 e. The van der Waals surface area contributed by atoms with E-state index in [4.69, 9.17) is 9.84 Å². The minimum atomic E-state index is 0.0206. The van der Waals surface area contributed by atoms with Crippen molar-refractivity contribution in [1.29, 1.82) is 0 Å². The van der Waals surface area contributed by atoms with Gasteiger partial charge in [0.2, 0.25) is 0 Å². The van der Waals surface area contributed by atoms with Gasteiger partial charge in [0.1, 0.15) is 17.9 Å². The molecule has 3 heterocycles. The molecule has 0 fully saturated rings. The molecule has 0 saturated carbocycles. The molecule has 1 aliphatic rings. The number of aromatic nitrogens is 4. The van der Waals surface area contributed by atoms with Crippen molar-refractivity contribution in [1.82, 2.24) is 24.8 Å². The van der Waals surface area contributed by atoms with Gasteiger partial charge in [-0.2, -0.15) is 10.2 Å². The van der Waals surface area contributed by atoms with Crippen LogP contribution in [0.15, 0.2) is 72.2 Å². The molecule has 2 aromatic carbocycles. The van der Waals surface area contributed by atoms with Gasteiger partial charge in [-0.05, 0) is 55.8 Å². The maximum absolute atomic E-state index is 5.27. The van der Waals surface area contributed by atoms with Gasteiger partial charge in [-0.1, -0.05) is 18.2 Å². The largest absolute Gasteiger partial charge is 0.497 e. The van der Waals surface area contributed by atoms with Crippen molar-refractivity contribution in [2.75, 3.05) is 7.11 Å². The summed E-state index contributed by atoms with van der Waals surface area (Å²) in [6, 6.07) is 18.2. The van der Waals surface area contributed by atoms with Gasteiger partial charge in [0.15, 0.2) is 0 Å². The van der Waals surface area contributed by atoms with Crippen LogP contribution in [0.1, 0.15) is 35.0 Å². The van der Waals surface area contributed by atoms with Gasteiger partial charge in [0, 0.05) is 18.2 Å². The van der Waals surface area contributed by atoms with Crippen LogP contribution in [0.3, 0.4) is 0 Å². The third-order valence-electron chi connectivity index (χ3n) is 5.56. The van der Waals surface area contributed by atoms with Crippen molar-refractivity contribution < 1.29 is 4.74 Å². The SMILES string of the molecule is COc1ccc(C2=NNC(c3c(C)nn(-c4ccccc4)c3-n3cnc(C)c3)C2)cc1. The third-order valence-corrected chi connectivity index (χ3v) is 5.56. The van der Waals surface area contributed by atoms with Gasteiger partial charge in [0.25, 0.3) is 0 Å². The lowest BCUT2D eigenvalue weighted by Gasteiger charge is -2.15. The minimum Gasteiger partial charge on any atom is -0.497 e. The summed E-state index contributed by atoms with van der Waals surface area (Å²) in [4.78, 5) is 4.44. The van der Waals surface area contributed by atoms with Gasteiger partial charge >= 0.3 is 0 Å². The van der Waals surface area contributed by atoms with Gasteiger partial charge < -0.3 is 10.2 Å². The molecule has 156 valence electrons. The molecule has 4 aromatic rings. The predicted molar refractivity (Wildman–Crippen MR) is 120 cm³/mol. The topological polar surface area (TPSA) is 69.3 Å². The Hall–Kier alpha value is -3.87. The highest BCUT2D eigenvalue weighted by Crippen LogP contribution is 2.33. The van der Waals surface area contributed by atoms with Crippen molar-refractivity contribution >= 4 is 5.71 Å². The van der Waals surface area contributed by atoms with Crippen molar-refractivity contribution in [3.63, 3.8) is 0 Å². The lowest BCUT2D eigenvalue weighted by atomic mass is 9.99. The van der Waals surface area contributed by atoms with Crippen LogP contribution in [0.5, 0.6) is 5.75 Å². The van der Waals surface area contributed by atoms with E-state index in [1.54, 1.807) is 7.11 Å². The minimum absolute atomic E-state index is 0.0206. The molecule has 1 unspecified atom stereocenters. The molecule has 0 bridgehead atoms. The lowest BCUT2D eigenvalue weighted by Crippen LogP contribution is -2.14. The Bertz CT molecular complexity index is 1240. The number of hydrogen-bond acceptors (Lipinski definition) is 5. The average Bonchev–Trinajstić information content (AvgIpc) is 3.52. The Morgan fingerprint density at radius 3 is 2.48 bits per heavy atom. The van der Waals surface area contributed by atoms with Crippen LogP contribution >= 0.6 is 0 Å². The number of methoxy groups -OCH3 is 1. The number of imidazole rings is 1. The monoisotopic (exact) mass is 412 g/mol. The first kappa shape index (κ1) is 19.1. The molecule has 2 aromatic heterocycles. The van der Waals surface area contributed by atoms with E-state index in [2.05, 4.69) is 34.6 Å². The molecule has 0 radical (unpaired) electrons. The second-order valence-electron chi connectivity index (χ2n) is 7.67. The average molecular weight is 412 g/mol. The maximum atomic E-state index is 5.27. The van der Waals surface area contributed by atoms with E-state index < -0.39 is 0 Å². The van der Waals surface area contributed by atoms with Gasteiger partial charge in [-0.25, -0.2) is 9.67 Å². The molecule has 7 nitrogen and oxygen atoms in total. The highest BCUT2D eigenvalue weighted by Gasteiger charge is 2.30. The highest BCUT2D eigenvalue weighted by atomic mass is 16.5. The van der Waals surface area contributed by atoms with E-state index in [9.17, 15) is 0 Å². The van der Waals surface area contributed by atoms with E-state index in [1.165, 1.54) is 0 Å². The zero-order valence-electron chi connectivity index (χ0n) is 17.8. The van der Waals surface area contributed by atoms with Gasteiger partial charge in [0.05, 0.1) is 35.9 Å². The second-order valence-corrected chi connectivity index (χ2v) is 7.67. The van der Waals surface area contributed by atoms with Gasteiger partial charge in [-0.3, -0.25) is 4.57 Å². The molecular weight excluding hydrogens is 388 g/mol. The molecule has 1 aliphatic heterocycles. The first-order chi connectivity index (χ1) is 15.1. The number of nitrogens with one attached hydrogen (secondary N) is 1. The lowest BCUT2D eigenvalue weighted by molar-refractivity contribution is 0.415. The molecule has 0 aliphatic carbocycles. The van der Waals surface area contributed by atoms with E-state index in [1.807, 2.05) is 71.2 Å². The standard InChI is InChI=1S/C24H24N6O/c1-16-14-29(15-25-16)24-23(17(2)28-30(24)19-7-5-4-6-8-19)22-13-21(26-27-22)18-9-11-20(31-3)12-10-18/h4-12,14-15,22,27H,13H2,1-3H3. The second kappa shape index (κ2) is 7.75. The quantitative estimate of drug-likeness (QED) is 0.535. The summed E-state index contributed by atoms with van der Waals surface area (Å²) >= 11 is 0. The number of nitrogens with zero attached hydrogens (tertiary/aromatic N) is 5. The Balaban J connectivity index is 1.54. The number of aryl methyl sites for hydroxylation is 2. The van der Waals surface area contributed by atoms with Crippen LogP contribution in [0.2, 0.25) is 0 Å². The summed E-state index contributed by atoms with van der Waals surface area (Å²) in [7, 11) is 1.67. The summed E-state index contributed by atoms with van der Waals surface area (Å²) in [5, 5.41) is 9.54. The first-order valence-electron chi connectivity index (χ1n) is 10.3. The van der Waals surface area contributed by atoms with Crippen molar-refractivity contribution in [2.24, 2.45) is 5.10 Å². The third kappa shape index (κ3) is 3.48. The zero-order valence-corrected chi connectivity index (χ0v) is 17.8. The zero-order chi connectivity index (χ0) is 21.4. The van der Waals surface area contributed by atoms with E-state index in [-0.39, 0.29) is 6.04 Å². The molecule has 5 rings (SSSR count). The predicted octanol–water partition coefficient (Wildman–Crippen LogP) is 4.12. The summed E-state index contributed by atoms with van der Waals surface area (Å²) in [5.74, 6) is 1.82. The highest BCUT2D eigenvalue weighted by molar-refractivity contribution is 6.02. The van der Waals surface area contributed by atoms with E-state index in [0.717, 1.165) is 51.9 Å². The molecule has 0 saturated heterocycles. The molecule has 1 N–H and O–H groups in total. The fraction of sp³-hybridized carbons (Fsp3) is 0.208.